The van der Waals surface area contributed by atoms with Crippen LogP contribution < -0.4 is 10.6 Å². The van der Waals surface area contributed by atoms with Crippen LogP contribution in [0.1, 0.15) is 32.1 Å². The molecule has 1 atom stereocenters. The first kappa shape index (κ1) is 16.6. The Balaban J connectivity index is 1.48. The fraction of sp³-hybridized carbons (Fsp3) is 0.562. The molecule has 1 aromatic carbocycles. The third kappa shape index (κ3) is 4.88. The van der Waals surface area contributed by atoms with Gasteiger partial charge in [0.25, 0.3) is 0 Å². The summed E-state index contributed by atoms with van der Waals surface area (Å²) in [6.45, 7) is 0. The smallest absolute Gasteiger partial charge is 0.319 e. The molecular weight excluding hydrogens is 332 g/mol. The molecule has 7 heteroatoms. The van der Waals surface area contributed by atoms with Crippen molar-refractivity contribution >= 4 is 33.3 Å². The Morgan fingerprint density at radius 3 is 2.39 bits per heavy atom. The van der Waals surface area contributed by atoms with Crippen LogP contribution in [0.15, 0.2) is 29.2 Å². The molecule has 23 heavy (non-hydrogen) atoms. The Labute approximate surface area is 141 Å². The van der Waals surface area contributed by atoms with Crippen molar-refractivity contribution in [2.24, 2.45) is 0 Å². The van der Waals surface area contributed by atoms with Crippen LogP contribution in [0.2, 0.25) is 0 Å². The molecule has 1 saturated heterocycles. The highest BCUT2D eigenvalue weighted by Crippen LogP contribution is 2.34. The van der Waals surface area contributed by atoms with Crippen molar-refractivity contribution in [3.63, 3.8) is 0 Å². The Hall–Kier alpha value is -1.21. The topological polar surface area (TPSA) is 75.3 Å². The van der Waals surface area contributed by atoms with Gasteiger partial charge < -0.3 is 10.6 Å². The maximum Gasteiger partial charge on any atom is 0.319 e. The van der Waals surface area contributed by atoms with Crippen molar-refractivity contribution in [1.82, 2.24) is 5.32 Å². The molecule has 5 nitrogen and oxygen atoms in total. The van der Waals surface area contributed by atoms with Gasteiger partial charge in [-0.15, -0.1) is 11.8 Å². The van der Waals surface area contributed by atoms with E-state index >= 15 is 0 Å². The molecule has 2 N–H and O–H groups in total. The van der Waals surface area contributed by atoms with Crippen molar-refractivity contribution in [3.8, 4) is 0 Å². The summed E-state index contributed by atoms with van der Waals surface area (Å²) < 4.78 is 22.8. The van der Waals surface area contributed by atoms with Gasteiger partial charge in [-0.05, 0) is 43.5 Å². The minimum Gasteiger partial charge on any atom is -0.334 e. The average molecular weight is 354 g/mol. The molecular formula is C16H22N2O3S2. The zero-order valence-electron chi connectivity index (χ0n) is 13.0. The summed E-state index contributed by atoms with van der Waals surface area (Å²) >= 11 is 1.91. The Morgan fingerprint density at radius 2 is 1.78 bits per heavy atom. The molecule has 1 heterocycles. The Bertz CT molecular complexity index is 652. The van der Waals surface area contributed by atoms with Crippen molar-refractivity contribution in [2.75, 3.05) is 16.8 Å². The number of amides is 2. The summed E-state index contributed by atoms with van der Waals surface area (Å²) in [5, 5.41) is 6.21. The van der Waals surface area contributed by atoms with Crippen LogP contribution in [0.4, 0.5) is 10.5 Å². The van der Waals surface area contributed by atoms with Gasteiger partial charge in [0.15, 0.2) is 9.84 Å². The molecule has 1 unspecified atom stereocenters. The summed E-state index contributed by atoms with van der Waals surface area (Å²) in [4.78, 5) is 13.1. The lowest BCUT2D eigenvalue weighted by Gasteiger charge is -2.13. The maximum atomic E-state index is 11.9. The summed E-state index contributed by atoms with van der Waals surface area (Å²) in [5.74, 6) is 0.197. The van der Waals surface area contributed by atoms with Crippen LogP contribution in [0.3, 0.4) is 0 Å². The van der Waals surface area contributed by atoms with Gasteiger partial charge in [-0.2, -0.15) is 0 Å². The highest BCUT2D eigenvalue weighted by Gasteiger charge is 2.28. The van der Waals surface area contributed by atoms with Crippen LogP contribution in [0.25, 0.3) is 0 Å². The highest BCUT2D eigenvalue weighted by molar-refractivity contribution is 8.00. The number of carbonyl (C=O) groups is 1. The fourth-order valence-corrected chi connectivity index (χ4v) is 6.00. The fourth-order valence-electron chi connectivity index (χ4n) is 3.08. The molecule has 1 saturated carbocycles. The Kier molecular flexibility index (Phi) is 5.16. The third-order valence-corrected chi connectivity index (χ3v) is 7.40. The molecule has 3 rings (SSSR count). The van der Waals surface area contributed by atoms with E-state index in [0.717, 1.165) is 10.9 Å². The maximum absolute atomic E-state index is 11.9. The molecule has 0 radical (unpaired) electrons. The minimum absolute atomic E-state index is 0.0391. The molecule has 1 aliphatic heterocycles. The van der Waals surface area contributed by atoms with Gasteiger partial charge in [-0.25, -0.2) is 13.2 Å². The van der Waals surface area contributed by atoms with E-state index in [1.54, 1.807) is 0 Å². The number of hydrogen-bond acceptors (Lipinski definition) is 4. The number of benzene rings is 1. The Morgan fingerprint density at radius 1 is 1.09 bits per heavy atom. The van der Waals surface area contributed by atoms with Gasteiger partial charge in [0.2, 0.25) is 0 Å². The van der Waals surface area contributed by atoms with E-state index in [2.05, 4.69) is 10.6 Å². The number of anilines is 1. The average Bonchev–Trinajstić information content (AvgIpc) is 3.11. The van der Waals surface area contributed by atoms with E-state index < -0.39 is 9.84 Å². The van der Waals surface area contributed by atoms with Crippen molar-refractivity contribution in [3.05, 3.63) is 24.3 Å². The summed E-state index contributed by atoms with van der Waals surface area (Å²) in [5.41, 5.74) is 0.721. The summed E-state index contributed by atoms with van der Waals surface area (Å²) in [6.07, 6.45) is 5.73. The zero-order valence-corrected chi connectivity index (χ0v) is 14.6. The van der Waals surface area contributed by atoms with Gasteiger partial charge >= 0.3 is 6.03 Å². The lowest BCUT2D eigenvalue weighted by molar-refractivity contribution is 0.249. The number of sulfone groups is 1. The summed E-state index contributed by atoms with van der Waals surface area (Å²) in [7, 11) is -2.98. The first-order valence-corrected chi connectivity index (χ1v) is 10.7. The molecule has 1 aromatic rings. The quantitative estimate of drug-likeness (QED) is 0.871. The molecule has 2 aliphatic rings. The van der Waals surface area contributed by atoms with E-state index in [1.807, 2.05) is 36.0 Å². The number of nitrogens with one attached hydrogen (secondary N) is 2. The first-order valence-electron chi connectivity index (χ1n) is 8.05. The lowest BCUT2D eigenvalue weighted by Crippen LogP contribution is -2.38. The molecule has 0 bridgehead atoms. The second-order valence-corrected chi connectivity index (χ2v) is 9.85. The number of rotatable bonds is 4. The second-order valence-electron chi connectivity index (χ2n) is 6.25. The van der Waals surface area contributed by atoms with Gasteiger partial charge in [0.1, 0.15) is 0 Å². The molecule has 126 valence electrons. The van der Waals surface area contributed by atoms with Crippen LogP contribution in [-0.2, 0) is 9.84 Å². The normalized spacial score (nSPS) is 23.7. The molecule has 0 aromatic heterocycles. The lowest BCUT2D eigenvalue weighted by atomic mass is 10.3. The SMILES string of the molecule is O=C(Nc1ccc(SC2CCCC2)cc1)NC1CCS(=O)(=O)C1. The molecule has 2 amide bonds. The highest BCUT2D eigenvalue weighted by atomic mass is 32.2. The van der Waals surface area contributed by atoms with Gasteiger partial charge in [0, 0.05) is 21.9 Å². The number of thioether (sulfide) groups is 1. The number of carbonyl (C=O) groups excluding carboxylic acids is 1. The van der Waals surface area contributed by atoms with Crippen LogP contribution in [0.5, 0.6) is 0 Å². The van der Waals surface area contributed by atoms with Gasteiger partial charge in [0.05, 0.1) is 11.5 Å². The van der Waals surface area contributed by atoms with Crippen molar-refractivity contribution < 1.29 is 13.2 Å². The van der Waals surface area contributed by atoms with Crippen molar-refractivity contribution in [1.29, 1.82) is 0 Å². The van der Waals surface area contributed by atoms with E-state index in [-0.39, 0.29) is 23.6 Å². The number of hydrogen-bond donors (Lipinski definition) is 2. The number of urea groups is 1. The van der Waals surface area contributed by atoms with Crippen LogP contribution in [0, 0.1) is 0 Å². The molecule has 2 fully saturated rings. The van der Waals surface area contributed by atoms with Crippen LogP contribution in [-0.4, -0.2) is 37.2 Å². The second kappa shape index (κ2) is 7.13. The van der Waals surface area contributed by atoms with E-state index in [0.29, 0.717) is 6.42 Å². The monoisotopic (exact) mass is 354 g/mol. The summed E-state index contributed by atoms with van der Waals surface area (Å²) in [6, 6.07) is 7.21. The van der Waals surface area contributed by atoms with Crippen molar-refractivity contribution in [2.45, 2.75) is 48.3 Å². The largest absolute Gasteiger partial charge is 0.334 e. The van der Waals surface area contributed by atoms with E-state index in [4.69, 9.17) is 0 Å². The molecule has 0 spiro atoms. The standard InChI is InChI=1S/C16H22N2O3S2/c19-16(18-13-9-10-23(20,21)11-13)17-12-5-7-15(8-6-12)22-14-3-1-2-4-14/h5-8,13-14H,1-4,9-11H2,(H2,17,18,19). The molecule has 1 aliphatic carbocycles. The van der Waals surface area contributed by atoms with E-state index in [9.17, 15) is 13.2 Å². The predicted molar refractivity (Wildman–Crippen MR) is 93.8 cm³/mol. The van der Waals surface area contributed by atoms with E-state index in [1.165, 1.54) is 30.6 Å². The van der Waals surface area contributed by atoms with Gasteiger partial charge in [-0.1, -0.05) is 12.8 Å². The zero-order chi connectivity index (χ0) is 16.3. The minimum atomic E-state index is -2.98. The van der Waals surface area contributed by atoms with Crippen LogP contribution >= 0.6 is 11.8 Å². The third-order valence-electron chi connectivity index (χ3n) is 4.28. The van der Waals surface area contributed by atoms with Gasteiger partial charge in [-0.3, -0.25) is 0 Å². The predicted octanol–water partition coefficient (Wildman–Crippen LogP) is 3.03. The first-order chi connectivity index (χ1) is 11.0.